The molecule has 0 spiro atoms. The maximum absolute atomic E-state index is 9.60. The minimum Gasteiger partial charge on any atom is -0.478 e. The van der Waals surface area contributed by atoms with E-state index in [0.717, 1.165) is 0 Å². The third-order valence-corrected chi connectivity index (χ3v) is 0.365. The van der Waals surface area contributed by atoms with Crippen LogP contribution in [0.1, 0.15) is 6.92 Å². The molecule has 0 heterocycles. The third kappa shape index (κ3) is 5.17. The van der Waals surface area contributed by atoms with Crippen molar-refractivity contribution in [3.8, 4) is 0 Å². The molecule has 0 aliphatic heterocycles. The summed E-state index contributed by atoms with van der Waals surface area (Å²) in [5.41, 5.74) is 0.176. The van der Waals surface area contributed by atoms with Crippen LogP contribution in [0.5, 0.6) is 0 Å². The molecule has 0 atom stereocenters. The second-order valence-electron chi connectivity index (χ2n) is 1.09. The molecule has 3 heteroatoms. The Hall–Kier alpha value is -0.830. The summed E-state index contributed by atoms with van der Waals surface area (Å²) in [5.74, 6) is -0.935. The van der Waals surface area contributed by atoms with E-state index in [0.29, 0.717) is 0 Å². The van der Waals surface area contributed by atoms with Gasteiger partial charge in [-0.1, -0.05) is 6.58 Å². The highest BCUT2D eigenvalue weighted by atomic mass is 16.4. The predicted octanol–water partition coefficient (Wildman–Crippen LogP) is 1.02. The van der Waals surface area contributed by atoms with E-state index in [-0.39, 0.29) is 11.7 Å². The number of rotatable bonds is 1. The van der Waals surface area contributed by atoms with Crippen molar-refractivity contribution in [2.24, 2.45) is 0 Å². The maximum Gasteiger partial charge on any atom is 0.330 e. The van der Waals surface area contributed by atoms with E-state index < -0.39 is 5.97 Å². The second kappa shape index (κ2) is 3.36. The molecule has 0 bridgehead atoms. The van der Waals surface area contributed by atoms with E-state index in [1.54, 1.807) is 0 Å². The Morgan fingerprint density at radius 2 is 1.86 bits per heavy atom. The van der Waals surface area contributed by atoms with Crippen molar-refractivity contribution in [3.05, 3.63) is 12.2 Å². The van der Waals surface area contributed by atoms with E-state index in [2.05, 4.69) is 6.58 Å². The van der Waals surface area contributed by atoms with Crippen LogP contribution in [0.4, 0.5) is 0 Å². The Kier molecular flexibility index (Phi) is 4.56. The van der Waals surface area contributed by atoms with Crippen LogP contribution in [0.3, 0.4) is 0 Å². The van der Waals surface area contributed by atoms with Gasteiger partial charge in [0.15, 0.2) is 0 Å². The number of hydrogen-bond donors (Lipinski definition) is 2. The average molecular weight is 104 g/mol. The number of hydrogen-bond acceptors (Lipinski definition) is 1. The summed E-state index contributed by atoms with van der Waals surface area (Å²) in [6, 6.07) is 0. The van der Waals surface area contributed by atoms with Gasteiger partial charge in [0, 0.05) is 5.57 Å². The molecule has 42 valence electrons. The molecule has 0 saturated heterocycles. The lowest BCUT2D eigenvalue weighted by atomic mass is 10.4. The highest BCUT2D eigenvalue weighted by Crippen LogP contribution is 1.81. The first-order valence-electron chi connectivity index (χ1n) is 1.53. The minimum atomic E-state index is -0.935. The van der Waals surface area contributed by atoms with Crippen molar-refractivity contribution in [2.45, 2.75) is 6.92 Å². The quantitative estimate of drug-likeness (QED) is 0.487. The van der Waals surface area contributed by atoms with E-state index in [1.165, 1.54) is 6.92 Å². The van der Waals surface area contributed by atoms with Gasteiger partial charge in [-0.25, -0.2) is 4.79 Å². The zero-order valence-electron chi connectivity index (χ0n) is 4.56. The first kappa shape index (κ1) is 9.48. The molecule has 0 aliphatic rings. The first-order valence-corrected chi connectivity index (χ1v) is 1.53. The molecule has 5 N–H and O–H groups in total. The lowest BCUT2D eigenvalue weighted by molar-refractivity contribution is -0.132. The molecular weight excluding hydrogens is 94.0 g/mol. The molecule has 0 aromatic carbocycles. The minimum absolute atomic E-state index is 0. The van der Waals surface area contributed by atoms with Gasteiger partial charge in [0.2, 0.25) is 0 Å². The molecule has 0 unspecified atom stereocenters. The van der Waals surface area contributed by atoms with Gasteiger partial charge in [0.05, 0.1) is 0 Å². The Labute approximate surface area is 42.2 Å². The summed E-state index contributed by atoms with van der Waals surface area (Å²) in [4.78, 5) is 9.60. The molecule has 0 aliphatic carbocycles. The monoisotopic (exact) mass is 104 g/mol. The lowest BCUT2D eigenvalue weighted by Crippen LogP contribution is -1.92. The lowest BCUT2D eigenvalue weighted by Gasteiger charge is -1.79. The summed E-state index contributed by atoms with van der Waals surface area (Å²) in [7, 11) is 0. The summed E-state index contributed by atoms with van der Waals surface area (Å²) >= 11 is 0. The zero-order chi connectivity index (χ0) is 5.15. The zero-order valence-corrected chi connectivity index (χ0v) is 4.56. The highest BCUT2D eigenvalue weighted by Gasteiger charge is 1.90. The van der Waals surface area contributed by atoms with E-state index in [9.17, 15) is 4.79 Å². The Morgan fingerprint density at radius 1 is 1.71 bits per heavy atom. The van der Waals surface area contributed by atoms with Crippen LogP contribution in [0.2, 0.25) is 0 Å². The number of aliphatic carboxylic acids is 1. The van der Waals surface area contributed by atoms with Gasteiger partial charge in [-0.05, 0) is 6.92 Å². The van der Waals surface area contributed by atoms with Gasteiger partial charge in [-0.15, -0.1) is 0 Å². The average Bonchev–Trinajstić information content (AvgIpc) is 1.36. The van der Waals surface area contributed by atoms with E-state index in [4.69, 9.17) is 5.11 Å². The van der Waals surface area contributed by atoms with Gasteiger partial charge < -0.3 is 11.3 Å². The van der Waals surface area contributed by atoms with Crippen LogP contribution >= 0.6 is 0 Å². The van der Waals surface area contributed by atoms with Gasteiger partial charge in [0.1, 0.15) is 0 Å². The number of carboxylic acids is 1. The Balaban J connectivity index is 0. The maximum atomic E-state index is 9.60. The van der Waals surface area contributed by atoms with Gasteiger partial charge in [-0.3, -0.25) is 0 Å². The largest absolute Gasteiger partial charge is 0.478 e. The smallest absolute Gasteiger partial charge is 0.330 e. The number of quaternary nitrogens is 1. The van der Waals surface area contributed by atoms with Crippen molar-refractivity contribution in [2.75, 3.05) is 0 Å². The Morgan fingerprint density at radius 3 is 1.86 bits per heavy atom. The standard InChI is InChI=1S/C4H6O2.H3N/c1-3(2)4(5)6;/h1H2,2H3,(H,5,6);1H3/p+1. The SMILES string of the molecule is C=C(C)C(=O)O.[NH4+]. The molecular formula is C4H10NO2+. The fraction of sp³-hybridized carbons (Fsp3) is 0.250. The molecule has 0 amide bonds. The van der Waals surface area contributed by atoms with Crippen molar-refractivity contribution >= 4 is 5.97 Å². The molecule has 7 heavy (non-hydrogen) atoms. The molecule has 0 rings (SSSR count). The van der Waals surface area contributed by atoms with E-state index in [1.807, 2.05) is 0 Å². The topological polar surface area (TPSA) is 73.8 Å². The van der Waals surface area contributed by atoms with Crippen molar-refractivity contribution in [3.63, 3.8) is 0 Å². The van der Waals surface area contributed by atoms with Crippen molar-refractivity contribution < 1.29 is 9.90 Å². The normalized spacial score (nSPS) is 6.43. The van der Waals surface area contributed by atoms with Crippen LogP contribution in [0.15, 0.2) is 12.2 Å². The van der Waals surface area contributed by atoms with E-state index >= 15 is 0 Å². The van der Waals surface area contributed by atoms with Gasteiger partial charge in [-0.2, -0.15) is 0 Å². The molecule has 0 aromatic rings. The second-order valence-corrected chi connectivity index (χ2v) is 1.09. The van der Waals surface area contributed by atoms with Crippen LogP contribution < -0.4 is 6.15 Å². The van der Waals surface area contributed by atoms with Crippen LogP contribution in [-0.4, -0.2) is 11.1 Å². The van der Waals surface area contributed by atoms with Crippen molar-refractivity contribution in [1.82, 2.24) is 6.15 Å². The van der Waals surface area contributed by atoms with Crippen molar-refractivity contribution in [1.29, 1.82) is 0 Å². The Bertz CT molecular complexity index is 75.7. The molecule has 0 aromatic heterocycles. The summed E-state index contributed by atoms with van der Waals surface area (Å²) in [6.07, 6.45) is 0. The molecule has 0 saturated carbocycles. The summed E-state index contributed by atoms with van der Waals surface area (Å²) < 4.78 is 0. The summed E-state index contributed by atoms with van der Waals surface area (Å²) in [5, 5.41) is 7.89. The van der Waals surface area contributed by atoms with Crippen LogP contribution in [0, 0.1) is 0 Å². The van der Waals surface area contributed by atoms with Gasteiger partial charge in [0.25, 0.3) is 0 Å². The fourth-order valence-corrected chi connectivity index (χ4v) is 0. The molecule has 3 nitrogen and oxygen atoms in total. The number of carboxylic acid groups (broad SMARTS) is 1. The fourth-order valence-electron chi connectivity index (χ4n) is 0. The molecule has 0 radical (unpaired) electrons. The first-order chi connectivity index (χ1) is 2.64. The highest BCUT2D eigenvalue weighted by molar-refractivity contribution is 5.84. The van der Waals surface area contributed by atoms with Crippen LogP contribution in [0.25, 0.3) is 0 Å². The summed E-state index contributed by atoms with van der Waals surface area (Å²) in [6.45, 7) is 4.60. The third-order valence-electron chi connectivity index (χ3n) is 0.365. The molecule has 0 fully saturated rings. The van der Waals surface area contributed by atoms with Crippen LogP contribution in [-0.2, 0) is 4.79 Å². The predicted molar refractivity (Wildman–Crippen MR) is 28.4 cm³/mol. The number of carbonyl (C=O) groups is 1. The van der Waals surface area contributed by atoms with Gasteiger partial charge >= 0.3 is 5.97 Å².